The Hall–Kier alpha value is -2.93. The van der Waals surface area contributed by atoms with Crippen molar-refractivity contribution in [3.63, 3.8) is 0 Å². The summed E-state index contributed by atoms with van der Waals surface area (Å²) >= 11 is 0. The summed E-state index contributed by atoms with van der Waals surface area (Å²) in [6.07, 6.45) is 2.34. The first-order valence-corrected chi connectivity index (χ1v) is 6.80. The summed E-state index contributed by atoms with van der Waals surface area (Å²) < 4.78 is 0. The van der Waals surface area contributed by atoms with E-state index in [1.54, 1.807) is 6.33 Å². The topological polar surface area (TPSA) is 61.6 Å². The number of fused-ring (bicyclic) bond motifs is 1. The van der Waals surface area contributed by atoms with E-state index in [4.69, 9.17) is 5.26 Å². The Balaban J connectivity index is 1.74. The third-order valence-corrected chi connectivity index (χ3v) is 3.37. The maximum atomic E-state index is 9.09. The van der Waals surface area contributed by atoms with Gasteiger partial charge in [0, 0.05) is 11.9 Å². The van der Waals surface area contributed by atoms with Crippen molar-refractivity contribution < 1.29 is 0 Å². The molecule has 0 saturated heterocycles. The quantitative estimate of drug-likeness (QED) is 0.793. The zero-order valence-corrected chi connectivity index (χ0v) is 11.5. The standard InChI is InChI=1S/C17H14N4/c18-11-14-6-2-1-5-13(14)9-10-19-17-15-7-3-4-8-16(15)20-12-21-17/h1-8,12H,9-10H2,(H,19,20,21). The van der Waals surface area contributed by atoms with Gasteiger partial charge in [-0.2, -0.15) is 5.26 Å². The third kappa shape index (κ3) is 2.82. The summed E-state index contributed by atoms with van der Waals surface area (Å²) in [7, 11) is 0. The molecule has 102 valence electrons. The van der Waals surface area contributed by atoms with Gasteiger partial charge in [-0.05, 0) is 30.2 Å². The Morgan fingerprint density at radius 2 is 1.81 bits per heavy atom. The zero-order valence-electron chi connectivity index (χ0n) is 11.5. The Kier molecular flexibility index (Phi) is 3.74. The molecular weight excluding hydrogens is 260 g/mol. The van der Waals surface area contributed by atoms with E-state index in [0.717, 1.165) is 40.8 Å². The molecule has 0 bridgehead atoms. The molecule has 0 unspecified atom stereocenters. The monoisotopic (exact) mass is 274 g/mol. The van der Waals surface area contributed by atoms with Gasteiger partial charge in [0.1, 0.15) is 12.1 Å². The Morgan fingerprint density at radius 3 is 2.71 bits per heavy atom. The van der Waals surface area contributed by atoms with Crippen molar-refractivity contribution in [2.24, 2.45) is 0 Å². The molecule has 0 aliphatic heterocycles. The predicted octanol–water partition coefficient (Wildman–Crippen LogP) is 3.16. The SMILES string of the molecule is N#Cc1ccccc1CCNc1ncnc2ccccc12. The molecule has 3 aromatic rings. The van der Waals surface area contributed by atoms with Gasteiger partial charge in [0.25, 0.3) is 0 Å². The molecule has 1 N–H and O–H groups in total. The zero-order chi connectivity index (χ0) is 14.5. The van der Waals surface area contributed by atoms with E-state index in [9.17, 15) is 0 Å². The van der Waals surface area contributed by atoms with E-state index in [1.165, 1.54) is 0 Å². The molecule has 0 saturated carbocycles. The van der Waals surface area contributed by atoms with Crippen molar-refractivity contribution in [1.82, 2.24) is 9.97 Å². The normalized spacial score (nSPS) is 10.2. The average Bonchev–Trinajstić information content (AvgIpc) is 2.55. The van der Waals surface area contributed by atoms with E-state index in [2.05, 4.69) is 21.4 Å². The van der Waals surface area contributed by atoms with E-state index in [1.807, 2.05) is 48.5 Å². The number of para-hydroxylation sites is 1. The Bertz CT molecular complexity index is 800. The maximum Gasteiger partial charge on any atom is 0.137 e. The van der Waals surface area contributed by atoms with Crippen LogP contribution in [0.1, 0.15) is 11.1 Å². The van der Waals surface area contributed by atoms with Gasteiger partial charge in [0.2, 0.25) is 0 Å². The van der Waals surface area contributed by atoms with Crippen LogP contribution >= 0.6 is 0 Å². The van der Waals surface area contributed by atoms with Crippen LogP contribution in [0.3, 0.4) is 0 Å². The lowest BCUT2D eigenvalue weighted by atomic mass is 10.1. The molecule has 0 atom stereocenters. The van der Waals surface area contributed by atoms with E-state index < -0.39 is 0 Å². The molecule has 3 rings (SSSR count). The van der Waals surface area contributed by atoms with Crippen LogP contribution < -0.4 is 5.32 Å². The fraction of sp³-hybridized carbons (Fsp3) is 0.118. The van der Waals surface area contributed by atoms with Gasteiger partial charge in [-0.3, -0.25) is 0 Å². The van der Waals surface area contributed by atoms with Gasteiger partial charge in [0.05, 0.1) is 17.1 Å². The highest BCUT2D eigenvalue weighted by molar-refractivity contribution is 5.88. The van der Waals surface area contributed by atoms with E-state index in [-0.39, 0.29) is 0 Å². The number of hydrogen-bond donors (Lipinski definition) is 1. The van der Waals surface area contributed by atoms with Gasteiger partial charge in [0.15, 0.2) is 0 Å². The lowest BCUT2D eigenvalue weighted by Gasteiger charge is -2.08. The average molecular weight is 274 g/mol. The van der Waals surface area contributed by atoms with Crippen LogP contribution in [0.5, 0.6) is 0 Å². The minimum absolute atomic E-state index is 0.722. The number of hydrogen-bond acceptors (Lipinski definition) is 4. The molecule has 1 aromatic heterocycles. The minimum atomic E-state index is 0.722. The first-order chi connectivity index (χ1) is 10.4. The summed E-state index contributed by atoms with van der Waals surface area (Å²) in [5.41, 5.74) is 2.70. The first kappa shape index (κ1) is 13.1. The second kappa shape index (κ2) is 6.02. The van der Waals surface area contributed by atoms with Crippen LogP contribution in [0.2, 0.25) is 0 Å². The molecule has 0 amide bonds. The molecule has 0 aliphatic carbocycles. The summed E-state index contributed by atoms with van der Waals surface area (Å²) in [5.74, 6) is 0.829. The van der Waals surface area contributed by atoms with Crippen LogP contribution in [-0.2, 0) is 6.42 Å². The van der Waals surface area contributed by atoms with Gasteiger partial charge in [-0.1, -0.05) is 30.3 Å². The molecule has 21 heavy (non-hydrogen) atoms. The fourth-order valence-corrected chi connectivity index (χ4v) is 2.31. The van der Waals surface area contributed by atoms with Crippen molar-refractivity contribution in [2.75, 3.05) is 11.9 Å². The number of benzene rings is 2. The summed E-state index contributed by atoms with van der Waals surface area (Å²) in [6, 6.07) is 17.8. The van der Waals surface area contributed by atoms with Crippen molar-refractivity contribution in [2.45, 2.75) is 6.42 Å². The number of rotatable bonds is 4. The number of nitrogens with zero attached hydrogens (tertiary/aromatic N) is 3. The lowest BCUT2D eigenvalue weighted by Crippen LogP contribution is -2.08. The van der Waals surface area contributed by atoms with Gasteiger partial charge >= 0.3 is 0 Å². The summed E-state index contributed by atoms with van der Waals surface area (Å²) in [6.45, 7) is 0.722. The third-order valence-electron chi connectivity index (χ3n) is 3.37. The van der Waals surface area contributed by atoms with Crippen LogP contribution in [0, 0.1) is 11.3 Å². The van der Waals surface area contributed by atoms with Gasteiger partial charge in [-0.25, -0.2) is 9.97 Å². The van der Waals surface area contributed by atoms with Crippen molar-refractivity contribution >= 4 is 16.7 Å². The van der Waals surface area contributed by atoms with Crippen LogP contribution in [0.15, 0.2) is 54.9 Å². The van der Waals surface area contributed by atoms with E-state index in [0.29, 0.717) is 0 Å². The number of nitrogens with one attached hydrogen (secondary N) is 1. The second-order valence-corrected chi connectivity index (χ2v) is 4.69. The molecule has 1 heterocycles. The van der Waals surface area contributed by atoms with Crippen LogP contribution in [-0.4, -0.2) is 16.5 Å². The second-order valence-electron chi connectivity index (χ2n) is 4.69. The number of aromatic nitrogens is 2. The molecule has 0 radical (unpaired) electrons. The molecule has 4 nitrogen and oxygen atoms in total. The highest BCUT2D eigenvalue weighted by Gasteiger charge is 2.04. The lowest BCUT2D eigenvalue weighted by molar-refractivity contribution is 1.00. The predicted molar refractivity (Wildman–Crippen MR) is 82.9 cm³/mol. The molecule has 0 spiro atoms. The number of anilines is 1. The van der Waals surface area contributed by atoms with Gasteiger partial charge < -0.3 is 5.32 Å². The van der Waals surface area contributed by atoms with Crippen LogP contribution in [0.25, 0.3) is 10.9 Å². The van der Waals surface area contributed by atoms with Gasteiger partial charge in [-0.15, -0.1) is 0 Å². The molecule has 2 aromatic carbocycles. The van der Waals surface area contributed by atoms with Crippen LogP contribution in [0.4, 0.5) is 5.82 Å². The molecular formula is C17H14N4. The summed E-state index contributed by atoms with van der Waals surface area (Å²) in [4.78, 5) is 8.53. The maximum absolute atomic E-state index is 9.09. The van der Waals surface area contributed by atoms with E-state index >= 15 is 0 Å². The Morgan fingerprint density at radius 1 is 1.00 bits per heavy atom. The van der Waals surface area contributed by atoms with Crippen molar-refractivity contribution in [1.29, 1.82) is 5.26 Å². The molecule has 0 aliphatic rings. The molecule has 0 fully saturated rings. The largest absolute Gasteiger partial charge is 0.369 e. The number of nitriles is 1. The van der Waals surface area contributed by atoms with Crippen molar-refractivity contribution in [3.05, 3.63) is 66.0 Å². The Labute approximate surface area is 123 Å². The smallest absolute Gasteiger partial charge is 0.137 e. The minimum Gasteiger partial charge on any atom is -0.369 e. The fourth-order valence-electron chi connectivity index (χ4n) is 2.31. The highest BCUT2D eigenvalue weighted by atomic mass is 15.0. The summed E-state index contributed by atoms with van der Waals surface area (Å²) in [5, 5.41) is 13.4. The molecule has 4 heteroatoms. The highest BCUT2D eigenvalue weighted by Crippen LogP contribution is 2.18. The first-order valence-electron chi connectivity index (χ1n) is 6.80. The van der Waals surface area contributed by atoms with Crippen molar-refractivity contribution in [3.8, 4) is 6.07 Å².